The number of hydrogen-bond acceptors (Lipinski definition) is 5. The molecule has 0 aliphatic heterocycles. The van der Waals surface area contributed by atoms with Crippen LogP contribution >= 0.6 is 11.6 Å². The van der Waals surface area contributed by atoms with E-state index in [2.05, 4.69) is 6.07 Å². The summed E-state index contributed by atoms with van der Waals surface area (Å²) in [5, 5.41) is 10.1. The molecule has 0 radical (unpaired) electrons. The smallest absolute Gasteiger partial charge is 0.347 e. The van der Waals surface area contributed by atoms with Crippen molar-refractivity contribution in [2.24, 2.45) is 0 Å². The van der Waals surface area contributed by atoms with Gasteiger partial charge in [-0.1, -0.05) is 41.9 Å². The zero-order valence-corrected chi connectivity index (χ0v) is 17.1. The normalized spacial score (nSPS) is 10.8. The van der Waals surface area contributed by atoms with Gasteiger partial charge in [-0.05, 0) is 53.6 Å². The number of esters is 1. The Balaban J connectivity index is 1.88. The van der Waals surface area contributed by atoms with Gasteiger partial charge < -0.3 is 14.2 Å². The van der Waals surface area contributed by atoms with E-state index < -0.39 is 5.97 Å². The van der Waals surface area contributed by atoms with Crippen LogP contribution < -0.4 is 14.2 Å². The molecular formula is C24H18ClNO4. The highest BCUT2D eigenvalue weighted by molar-refractivity contribution is 6.30. The summed E-state index contributed by atoms with van der Waals surface area (Å²) < 4.78 is 16.1. The van der Waals surface area contributed by atoms with E-state index in [1.807, 2.05) is 0 Å². The molecule has 3 rings (SSSR count). The van der Waals surface area contributed by atoms with Crippen molar-refractivity contribution < 1.29 is 19.0 Å². The van der Waals surface area contributed by atoms with Crippen LogP contribution in [0.3, 0.4) is 0 Å². The van der Waals surface area contributed by atoms with Crippen molar-refractivity contribution in [1.29, 1.82) is 5.26 Å². The second kappa shape index (κ2) is 9.64. The van der Waals surface area contributed by atoms with Gasteiger partial charge in [-0.3, -0.25) is 0 Å². The molecule has 0 saturated carbocycles. The molecular weight excluding hydrogens is 402 g/mol. The number of rotatable bonds is 6. The van der Waals surface area contributed by atoms with Crippen LogP contribution in [0.2, 0.25) is 5.02 Å². The Morgan fingerprint density at radius 3 is 2.30 bits per heavy atom. The minimum Gasteiger partial charge on any atom is -0.496 e. The Bertz CT molecular complexity index is 1130. The molecule has 0 atom stereocenters. The molecule has 0 aliphatic rings. The highest BCUT2D eigenvalue weighted by Crippen LogP contribution is 2.31. The number of halogens is 1. The zero-order chi connectivity index (χ0) is 21.5. The SMILES string of the molecule is COc1cc(/C=C(/C#N)c2ccc(Cl)cc2)ccc1OC(=O)c1ccccc1OC. The van der Waals surface area contributed by atoms with Gasteiger partial charge in [-0.25, -0.2) is 4.79 Å². The van der Waals surface area contributed by atoms with Crippen LogP contribution in [0.25, 0.3) is 11.6 Å². The van der Waals surface area contributed by atoms with Gasteiger partial charge in [-0.15, -0.1) is 0 Å². The Kier molecular flexibility index (Phi) is 6.74. The molecule has 0 N–H and O–H groups in total. The second-order valence-electron chi connectivity index (χ2n) is 6.18. The summed E-state index contributed by atoms with van der Waals surface area (Å²) in [5.41, 5.74) is 2.23. The zero-order valence-electron chi connectivity index (χ0n) is 16.4. The van der Waals surface area contributed by atoms with E-state index in [0.717, 1.165) is 11.1 Å². The third kappa shape index (κ3) is 4.80. The van der Waals surface area contributed by atoms with Crippen LogP contribution in [0.5, 0.6) is 17.2 Å². The van der Waals surface area contributed by atoms with Crippen LogP contribution in [0.15, 0.2) is 66.7 Å². The van der Waals surface area contributed by atoms with Crippen molar-refractivity contribution in [1.82, 2.24) is 0 Å². The van der Waals surface area contributed by atoms with Crippen LogP contribution in [0.1, 0.15) is 21.5 Å². The van der Waals surface area contributed by atoms with Crippen molar-refractivity contribution in [2.75, 3.05) is 14.2 Å². The maximum absolute atomic E-state index is 12.6. The van der Waals surface area contributed by atoms with E-state index in [1.54, 1.807) is 72.8 Å². The first-order valence-corrected chi connectivity index (χ1v) is 9.34. The number of methoxy groups -OCH3 is 2. The Morgan fingerprint density at radius 1 is 0.933 bits per heavy atom. The number of nitriles is 1. The number of ether oxygens (including phenoxy) is 3. The predicted octanol–water partition coefficient (Wildman–Crippen LogP) is 5.64. The molecule has 0 unspecified atom stereocenters. The fourth-order valence-corrected chi connectivity index (χ4v) is 2.93. The molecule has 3 aromatic rings. The Hall–Kier alpha value is -3.75. The summed E-state index contributed by atoms with van der Waals surface area (Å²) in [6, 6.07) is 21.0. The maximum atomic E-state index is 12.6. The summed E-state index contributed by atoms with van der Waals surface area (Å²) in [7, 11) is 2.97. The van der Waals surface area contributed by atoms with Crippen LogP contribution in [0.4, 0.5) is 0 Å². The molecule has 0 spiro atoms. The molecule has 0 fully saturated rings. The lowest BCUT2D eigenvalue weighted by Crippen LogP contribution is -2.10. The Labute approximate surface area is 179 Å². The topological polar surface area (TPSA) is 68.5 Å². The average molecular weight is 420 g/mol. The Morgan fingerprint density at radius 2 is 1.63 bits per heavy atom. The standard InChI is InChI=1S/C24H18ClNO4/c1-28-21-6-4-3-5-20(21)24(27)30-22-12-7-16(14-23(22)29-2)13-18(15-26)17-8-10-19(25)11-9-17/h3-14H,1-2H3/b18-13-. The molecule has 150 valence electrons. The van der Waals surface area contributed by atoms with Gasteiger partial charge in [0, 0.05) is 5.02 Å². The van der Waals surface area contributed by atoms with E-state index in [1.165, 1.54) is 14.2 Å². The summed E-state index contributed by atoms with van der Waals surface area (Å²) in [6.07, 6.45) is 1.72. The van der Waals surface area contributed by atoms with Crippen LogP contribution in [-0.4, -0.2) is 20.2 Å². The lowest BCUT2D eigenvalue weighted by Gasteiger charge is -2.12. The highest BCUT2D eigenvalue weighted by atomic mass is 35.5. The van der Waals surface area contributed by atoms with Crippen LogP contribution in [-0.2, 0) is 0 Å². The first kappa shape index (κ1) is 21.0. The fraction of sp³-hybridized carbons (Fsp3) is 0.0833. The van der Waals surface area contributed by atoms with Gasteiger partial charge in [-0.2, -0.15) is 5.26 Å². The molecule has 0 amide bonds. The van der Waals surface area contributed by atoms with Crippen molar-refractivity contribution >= 4 is 29.2 Å². The molecule has 5 nitrogen and oxygen atoms in total. The van der Waals surface area contributed by atoms with E-state index in [0.29, 0.717) is 27.7 Å². The third-order valence-corrected chi connectivity index (χ3v) is 4.56. The summed E-state index contributed by atoms with van der Waals surface area (Å²) >= 11 is 5.91. The molecule has 0 saturated heterocycles. The fourth-order valence-electron chi connectivity index (χ4n) is 2.80. The number of nitrogens with zero attached hydrogens (tertiary/aromatic N) is 1. The lowest BCUT2D eigenvalue weighted by atomic mass is 10.0. The summed E-state index contributed by atoms with van der Waals surface area (Å²) in [6.45, 7) is 0. The number of hydrogen-bond donors (Lipinski definition) is 0. The monoisotopic (exact) mass is 419 g/mol. The first-order chi connectivity index (χ1) is 14.5. The van der Waals surface area contributed by atoms with Gasteiger partial charge in [0.05, 0.1) is 25.9 Å². The largest absolute Gasteiger partial charge is 0.496 e. The van der Waals surface area contributed by atoms with Gasteiger partial charge >= 0.3 is 5.97 Å². The van der Waals surface area contributed by atoms with E-state index >= 15 is 0 Å². The number of allylic oxidation sites excluding steroid dienone is 1. The number of carbonyl (C=O) groups is 1. The van der Waals surface area contributed by atoms with E-state index in [9.17, 15) is 10.1 Å². The molecule has 0 heterocycles. The average Bonchev–Trinajstić information content (AvgIpc) is 2.78. The van der Waals surface area contributed by atoms with Gasteiger partial charge in [0.15, 0.2) is 11.5 Å². The molecule has 6 heteroatoms. The number of carbonyl (C=O) groups excluding carboxylic acids is 1. The molecule has 0 bridgehead atoms. The minimum atomic E-state index is -0.562. The van der Waals surface area contributed by atoms with Crippen molar-refractivity contribution in [3.05, 3.63) is 88.4 Å². The van der Waals surface area contributed by atoms with E-state index in [-0.39, 0.29) is 5.75 Å². The van der Waals surface area contributed by atoms with Crippen molar-refractivity contribution in [3.63, 3.8) is 0 Å². The molecule has 0 aromatic heterocycles. The number of benzene rings is 3. The van der Waals surface area contributed by atoms with Crippen molar-refractivity contribution in [3.8, 4) is 23.3 Å². The summed E-state index contributed by atoms with van der Waals surface area (Å²) in [5.74, 6) is 0.478. The van der Waals surface area contributed by atoms with Crippen molar-refractivity contribution in [2.45, 2.75) is 0 Å². The van der Waals surface area contributed by atoms with Crippen LogP contribution in [0, 0.1) is 11.3 Å². The summed E-state index contributed by atoms with van der Waals surface area (Å²) in [4.78, 5) is 12.6. The van der Waals surface area contributed by atoms with Gasteiger partial charge in [0.1, 0.15) is 11.3 Å². The first-order valence-electron chi connectivity index (χ1n) is 8.96. The highest BCUT2D eigenvalue weighted by Gasteiger charge is 2.16. The second-order valence-corrected chi connectivity index (χ2v) is 6.61. The van der Waals surface area contributed by atoms with Gasteiger partial charge in [0.2, 0.25) is 0 Å². The maximum Gasteiger partial charge on any atom is 0.347 e. The quantitative estimate of drug-likeness (QED) is 0.224. The lowest BCUT2D eigenvalue weighted by molar-refractivity contribution is 0.0726. The molecule has 30 heavy (non-hydrogen) atoms. The number of para-hydroxylation sites is 1. The molecule has 3 aromatic carbocycles. The third-order valence-electron chi connectivity index (χ3n) is 4.30. The molecule has 0 aliphatic carbocycles. The minimum absolute atomic E-state index is 0.260. The predicted molar refractivity (Wildman–Crippen MR) is 116 cm³/mol. The van der Waals surface area contributed by atoms with Gasteiger partial charge in [0.25, 0.3) is 0 Å². The van der Waals surface area contributed by atoms with E-state index in [4.69, 9.17) is 25.8 Å².